The second-order valence-corrected chi connectivity index (χ2v) is 7.69. The molecule has 0 atom stereocenters. The van der Waals surface area contributed by atoms with E-state index in [1.165, 1.54) is 0 Å². The number of nitrogens with zero attached hydrogens (tertiary/aromatic N) is 2. The molecule has 2 aromatic carbocycles. The number of nitrogens with two attached hydrogens (primary N) is 1. The van der Waals surface area contributed by atoms with Crippen LogP contribution in [0.1, 0.15) is 18.4 Å². The summed E-state index contributed by atoms with van der Waals surface area (Å²) in [6.45, 7) is 1.64. The predicted octanol–water partition coefficient (Wildman–Crippen LogP) is 3.36. The van der Waals surface area contributed by atoms with E-state index in [0.29, 0.717) is 6.42 Å². The van der Waals surface area contributed by atoms with Gasteiger partial charge in [-0.2, -0.15) is 0 Å². The number of hydrogen-bond acceptors (Lipinski definition) is 3. The topological polar surface area (TPSA) is 80.4 Å². The summed E-state index contributed by atoms with van der Waals surface area (Å²) >= 11 is 0. The van der Waals surface area contributed by atoms with Gasteiger partial charge in [0.1, 0.15) is 0 Å². The lowest BCUT2D eigenvalue weighted by Gasteiger charge is -2.32. The van der Waals surface area contributed by atoms with Crippen molar-refractivity contribution in [1.29, 1.82) is 0 Å². The fraction of sp³-hybridized carbons (Fsp3) is 0.250. The summed E-state index contributed by atoms with van der Waals surface area (Å²) in [5, 5.41) is 2.96. The van der Waals surface area contributed by atoms with Crippen molar-refractivity contribution in [3.63, 3.8) is 0 Å². The Bertz CT molecular complexity index is 987. The van der Waals surface area contributed by atoms with Gasteiger partial charge in [0.15, 0.2) is 0 Å². The van der Waals surface area contributed by atoms with Crippen LogP contribution in [0.2, 0.25) is 0 Å². The molecule has 6 nitrogen and oxygen atoms in total. The minimum Gasteiger partial charge on any atom is -0.371 e. The molecule has 154 valence electrons. The van der Waals surface area contributed by atoms with Crippen molar-refractivity contribution in [3.05, 3.63) is 78.6 Å². The first kappa shape index (κ1) is 19.8. The Labute approximate surface area is 176 Å². The number of rotatable bonds is 6. The minimum absolute atomic E-state index is 0.0165. The number of benzene rings is 2. The highest BCUT2D eigenvalue weighted by Gasteiger charge is 2.23. The monoisotopic (exact) mass is 402 g/mol. The number of nitrogens with one attached hydrogen (secondary N) is 1. The van der Waals surface area contributed by atoms with Gasteiger partial charge in [0, 0.05) is 48.5 Å². The van der Waals surface area contributed by atoms with Crippen LogP contribution in [0.4, 0.5) is 11.4 Å². The Morgan fingerprint density at radius 2 is 1.50 bits per heavy atom. The molecule has 0 radical (unpaired) electrons. The van der Waals surface area contributed by atoms with E-state index >= 15 is 0 Å². The van der Waals surface area contributed by atoms with Crippen molar-refractivity contribution in [2.45, 2.75) is 19.3 Å². The minimum atomic E-state index is -0.202. The molecule has 6 heteroatoms. The molecule has 1 aliphatic heterocycles. The number of carbonyl (C=O) groups is 2. The lowest BCUT2D eigenvalue weighted by atomic mass is 9.96. The first-order valence-electron chi connectivity index (χ1n) is 10.2. The van der Waals surface area contributed by atoms with Crippen LogP contribution in [0.15, 0.2) is 73.1 Å². The molecule has 1 aliphatic rings. The number of piperidine rings is 1. The van der Waals surface area contributed by atoms with Gasteiger partial charge in [0.05, 0.1) is 6.42 Å². The van der Waals surface area contributed by atoms with Crippen molar-refractivity contribution < 1.29 is 9.59 Å². The van der Waals surface area contributed by atoms with E-state index in [4.69, 9.17) is 5.73 Å². The van der Waals surface area contributed by atoms with Gasteiger partial charge in [-0.25, -0.2) is 0 Å². The van der Waals surface area contributed by atoms with Gasteiger partial charge in [-0.1, -0.05) is 12.1 Å². The number of carbonyl (C=O) groups excluding carboxylic acids is 2. The van der Waals surface area contributed by atoms with Gasteiger partial charge in [0.25, 0.3) is 0 Å². The van der Waals surface area contributed by atoms with Crippen LogP contribution in [-0.4, -0.2) is 29.5 Å². The van der Waals surface area contributed by atoms with Crippen LogP contribution in [-0.2, 0) is 16.0 Å². The van der Waals surface area contributed by atoms with Crippen LogP contribution >= 0.6 is 0 Å². The number of hydrogen-bond donors (Lipinski definition) is 2. The van der Waals surface area contributed by atoms with Crippen LogP contribution in [0.5, 0.6) is 0 Å². The lowest BCUT2D eigenvalue weighted by molar-refractivity contribution is -0.122. The van der Waals surface area contributed by atoms with E-state index < -0.39 is 0 Å². The van der Waals surface area contributed by atoms with Crippen molar-refractivity contribution in [1.82, 2.24) is 4.57 Å². The second-order valence-electron chi connectivity index (χ2n) is 7.69. The molecular formula is C24H26N4O2. The van der Waals surface area contributed by atoms with E-state index in [9.17, 15) is 9.59 Å². The molecule has 2 amide bonds. The second kappa shape index (κ2) is 8.86. The summed E-state index contributed by atoms with van der Waals surface area (Å²) in [4.78, 5) is 26.0. The SMILES string of the molecule is NC(=O)C1CCN(c2ccc(NC(=O)Cc3ccc(-n4cccc4)cc3)cc2)CC1. The molecule has 0 saturated carbocycles. The zero-order chi connectivity index (χ0) is 20.9. The summed E-state index contributed by atoms with van der Waals surface area (Å²) in [5.74, 6) is -0.261. The lowest BCUT2D eigenvalue weighted by Crippen LogP contribution is -2.38. The number of anilines is 2. The highest BCUT2D eigenvalue weighted by atomic mass is 16.2. The van der Waals surface area contributed by atoms with Gasteiger partial charge >= 0.3 is 0 Å². The quantitative estimate of drug-likeness (QED) is 0.663. The predicted molar refractivity (Wildman–Crippen MR) is 119 cm³/mol. The summed E-state index contributed by atoms with van der Waals surface area (Å²) in [6.07, 6.45) is 5.89. The summed E-state index contributed by atoms with van der Waals surface area (Å²) in [7, 11) is 0. The molecule has 0 spiro atoms. The van der Waals surface area contributed by atoms with E-state index in [1.54, 1.807) is 0 Å². The van der Waals surface area contributed by atoms with E-state index in [1.807, 2.05) is 77.6 Å². The normalized spacial score (nSPS) is 14.5. The van der Waals surface area contributed by atoms with Crippen LogP contribution in [0.3, 0.4) is 0 Å². The first-order chi connectivity index (χ1) is 14.6. The third kappa shape index (κ3) is 4.71. The average molecular weight is 402 g/mol. The van der Waals surface area contributed by atoms with Crippen molar-refractivity contribution >= 4 is 23.2 Å². The maximum atomic E-state index is 12.4. The molecule has 0 unspecified atom stereocenters. The number of amides is 2. The zero-order valence-electron chi connectivity index (χ0n) is 16.8. The fourth-order valence-electron chi connectivity index (χ4n) is 3.86. The van der Waals surface area contributed by atoms with Gasteiger partial charge in [0.2, 0.25) is 11.8 Å². The van der Waals surface area contributed by atoms with Gasteiger partial charge in [-0.15, -0.1) is 0 Å². The van der Waals surface area contributed by atoms with Gasteiger partial charge < -0.3 is 20.5 Å². The van der Waals surface area contributed by atoms with Crippen LogP contribution < -0.4 is 16.0 Å². The van der Waals surface area contributed by atoms with E-state index in [-0.39, 0.29) is 17.7 Å². The van der Waals surface area contributed by atoms with Crippen LogP contribution in [0, 0.1) is 5.92 Å². The molecule has 0 bridgehead atoms. The van der Waals surface area contributed by atoms with Crippen molar-refractivity contribution in [3.8, 4) is 5.69 Å². The van der Waals surface area contributed by atoms with Gasteiger partial charge in [-0.3, -0.25) is 9.59 Å². The Morgan fingerprint density at radius 3 is 2.10 bits per heavy atom. The molecular weight excluding hydrogens is 376 g/mol. The van der Waals surface area contributed by atoms with Crippen molar-refractivity contribution in [2.24, 2.45) is 11.7 Å². The summed E-state index contributed by atoms with van der Waals surface area (Å²) in [5.41, 5.74) is 9.31. The average Bonchev–Trinajstić information content (AvgIpc) is 3.30. The zero-order valence-corrected chi connectivity index (χ0v) is 16.8. The Morgan fingerprint density at radius 1 is 0.900 bits per heavy atom. The smallest absolute Gasteiger partial charge is 0.228 e. The van der Waals surface area contributed by atoms with Crippen molar-refractivity contribution in [2.75, 3.05) is 23.3 Å². The Kier molecular flexibility index (Phi) is 5.84. The third-order valence-corrected chi connectivity index (χ3v) is 5.62. The van der Waals surface area contributed by atoms with E-state index in [2.05, 4.69) is 10.2 Å². The summed E-state index contributed by atoms with van der Waals surface area (Å²) in [6, 6.07) is 19.8. The third-order valence-electron chi connectivity index (χ3n) is 5.62. The van der Waals surface area contributed by atoms with E-state index in [0.717, 1.165) is 48.6 Å². The molecule has 3 aromatic rings. The summed E-state index contributed by atoms with van der Waals surface area (Å²) < 4.78 is 2.03. The maximum Gasteiger partial charge on any atom is 0.228 e. The van der Waals surface area contributed by atoms with Crippen LogP contribution in [0.25, 0.3) is 5.69 Å². The molecule has 4 rings (SSSR count). The maximum absolute atomic E-state index is 12.4. The molecule has 0 aliphatic carbocycles. The molecule has 1 fully saturated rings. The highest BCUT2D eigenvalue weighted by Crippen LogP contribution is 2.24. The first-order valence-corrected chi connectivity index (χ1v) is 10.2. The number of aromatic nitrogens is 1. The Balaban J connectivity index is 1.30. The van der Waals surface area contributed by atoms with Gasteiger partial charge in [-0.05, 0) is 66.9 Å². The highest BCUT2D eigenvalue weighted by molar-refractivity contribution is 5.92. The Hall–Kier alpha value is -3.54. The molecule has 2 heterocycles. The largest absolute Gasteiger partial charge is 0.371 e. The molecule has 30 heavy (non-hydrogen) atoms. The molecule has 3 N–H and O–H groups in total. The molecule has 1 saturated heterocycles. The standard InChI is InChI=1S/C24H26N4O2/c25-24(30)19-11-15-28(16-12-19)22-9-5-20(6-10-22)26-23(29)17-18-3-7-21(8-4-18)27-13-1-2-14-27/h1-10,13-14,19H,11-12,15-17H2,(H2,25,30)(H,26,29). The number of primary amides is 1. The fourth-order valence-corrected chi connectivity index (χ4v) is 3.86. The molecule has 1 aromatic heterocycles.